The number of pyridine rings is 1. The van der Waals surface area contributed by atoms with Crippen molar-refractivity contribution in [2.75, 3.05) is 61.6 Å². The molecular weight excluding hydrogens is 356 g/mol. The zero-order chi connectivity index (χ0) is 19.1. The summed E-state index contributed by atoms with van der Waals surface area (Å²) in [5.74, 6) is 2.38. The van der Waals surface area contributed by atoms with E-state index in [9.17, 15) is 0 Å². The minimum Gasteiger partial charge on any atom is -0.384 e. The van der Waals surface area contributed by atoms with Crippen LogP contribution in [0.25, 0.3) is 11.3 Å². The van der Waals surface area contributed by atoms with Crippen LogP contribution in [0.3, 0.4) is 0 Å². The number of hydrogen-bond acceptors (Lipinski definition) is 8. The Bertz CT molecular complexity index is 883. The highest BCUT2D eigenvalue weighted by atomic mass is 16.5. The molecule has 0 bridgehead atoms. The summed E-state index contributed by atoms with van der Waals surface area (Å²) in [5, 5.41) is 0. The highest BCUT2D eigenvalue weighted by molar-refractivity contribution is 5.76. The molecule has 1 unspecified atom stereocenters. The van der Waals surface area contributed by atoms with Crippen molar-refractivity contribution in [1.82, 2.24) is 15.0 Å². The zero-order valence-corrected chi connectivity index (χ0v) is 16.2. The van der Waals surface area contributed by atoms with Gasteiger partial charge in [-0.2, -0.15) is 4.98 Å². The summed E-state index contributed by atoms with van der Waals surface area (Å²) >= 11 is 0. The maximum absolute atomic E-state index is 5.95. The molecule has 3 aliphatic rings. The van der Waals surface area contributed by atoms with Crippen LogP contribution in [0, 0.1) is 0 Å². The number of morpholine rings is 2. The van der Waals surface area contributed by atoms with Crippen LogP contribution in [0.5, 0.6) is 0 Å². The van der Waals surface area contributed by atoms with Crippen molar-refractivity contribution in [2.45, 2.75) is 25.8 Å². The minimum atomic E-state index is 0.337. The number of nitrogen functional groups attached to an aromatic ring is 1. The summed E-state index contributed by atoms with van der Waals surface area (Å²) < 4.78 is 11.2. The molecule has 3 aliphatic heterocycles. The van der Waals surface area contributed by atoms with E-state index < -0.39 is 0 Å². The smallest absolute Gasteiger partial charge is 0.228 e. The number of nitrogens with two attached hydrogens (primary N) is 1. The molecule has 148 valence electrons. The molecule has 0 spiro atoms. The maximum atomic E-state index is 5.95. The van der Waals surface area contributed by atoms with Gasteiger partial charge in [0.15, 0.2) is 0 Å². The van der Waals surface area contributed by atoms with E-state index in [0.29, 0.717) is 25.1 Å². The van der Waals surface area contributed by atoms with E-state index >= 15 is 0 Å². The molecule has 2 aromatic heterocycles. The normalized spacial score (nSPS) is 21.5. The first kappa shape index (κ1) is 17.6. The Labute approximate surface area is 164 Å². The molecule has 28 heavy (non-hydrogen) atoms. The fourth-order valence-electron chi connectivity index (χ4n) is 4.37. The Morgan fingerprint density at radius 1 is 1.14 bits per heavy atom. The van der Waals surface area contributed by atoms with Crippen LogP contribution in [0.4, 0.5) is 17.6 Å². The van der Waals surface area contributed by atoms with Gasteiger partial charge in [0.05, 0.1) is 38.2 Å². The molecule has 0 saturated carbocycles. The lowest BCUT2D eigenvalue weighted by Gasteiger charge is -2.32. The van der Waals surface area contributed by atoms with E-state index in [1.54, 1.807) is 0 Å². The Balaban J connectivity index is 1.66. The van der Waals surface area contributed by atoms with Gasteiger partial charge in [0.2, 0.25) is 5.95 Å². The van der Waals surface area contributed by atoms with Crippen LogP contribution < -0.4 is 15.5 Å². The third kappa shape index (κ3) is 2.97. The lowest BCUT2D eigenvalue weighted by molar-refractivity contribution is 0.0974. The second kappa shape index (κ2) is 7.18. The van der Waals surface area contributed by atoms with Gasteiger partial charge >= 0.3 is 0 Å². The first-order chi connectivity index (χ1) is 13.7. The van der Waals surface area contributed by atoms with Gasteiger partial charge in [-0.25, -0.2) is 9.97 Å². The highest BCUT2D eigenvalue weighted by Gasteiger charge is 2.37. The van der Waals surface area contributed by atoms with Crippen molar-refractivity contribution >= 4 is 17.6 Å². The molecule has 8 heteroatoms. The van der Waals surface area contributed by atoms with Gasteiger partial charge in [0.1, 0.15) is 11.6 Å². The average molecular weight is 382 g/mol. The monoisotopic (exact) mass is 382 g/mol. The molecule has 5 rings (SSSR count). The van der Waals surface area contributed by atoms with Crippen LogP contribution in [0.15, 0.2) is 12.3 Å². The largest absolute Gasteiger partial charge is 0.384 e. The van der Waals surface area contributed by atoms with E-state index in [-0.39, 0.29) is 0 Å². The van der Waals surface area contributed by atoms with Gasteiger partial charge in [0, 0.05) is 43.4 Å². The topological polar surface area (TPSA) is 89.6 Å². The van der Waals surface area contributed by atoms with E-state index in [1.165, 1.54) is 11.1 Å². The summed E-state index contributed by atoms with van der Waals surface area (Å²) in [5.41, 5.74) is 10.4. The van der Waals surface area contributed by atoms with Gasteiger partial charge in [-0.1, -0.05) is 6.92 Å². The number of hydrogen-bond donors (Lipinski definition) is 1. The molecule has 0 radical (unpaired) electrons. The number of ether oxygens (including phenoxy) is 2. The van der Waals surface area contributed by atoms with E-state index in [4.69, 9.17) is 25.2 Å². The molecule has 1 atom stereocenters. The molecule has 8 nitrogen and oxygen atoms in total. The molecule has 2 saturated heterocycles. The summed E-state index contributed by atoms with van der Waals surface area (Å²) in [6, 6.07) is 2.30. The van der Waals surface area contributed by atoms with Gasteiger partial charge in [-0.3, -0.25) is 0 Å². The van der Waals surface area contributed by atoms with Gasteiger partial charge in [-0.15, -0.1) is 0 Å². The predicted molar refractivity (Wildman–Crippen MR) is 108 cm³/mol. The van der Waals surface area contributed by atoms with Crippen molar-refractivity contribution in [1.29, 1.82) is 0 Å². The van der Waals surface area contributed by atoms with Crippen LogP contribution in [0.1, 0.15) is 18.1 Å². The van der Waals surface area contributed by atoms with Crippen LogP contribution in [0.2, 0.25) is 0 Å². The average Bonchev–Trinajstić information content (AvgIpc) is 3.12. The third-order valence-electron chi connectivity index (χ3n) is 5.85. The minimum absolute atomic E-state index is 0.337. The SMILES string of the molecule is CCc1cc(N)ncc1-c1nc(N2CCOCC2)nc2c1CC1COCCN21. The Kier molecular flexibility index (Phi) is 4.52. The Morgan fingerprint density at radius 2 is 1.96 bits per heavy atom. The standard InChI is InChI=1S/C20H26N6O2/c1-2-13-9-17(21)22-11-16(13)18-15-10-14-12-28-8-5-26(14)19(15)24-20(23-18)25-3-6-27-7-4-25/h9,11,14H,2-8,10,12H2,1H3,(H2,21,22). The zero-order valence-electron chi connectivity index (χ0n) is 16.2. The predicted octanol–water partition coefficient (Wildman–Crippen LogP) is 1.28. The summed E-state index contributed by atoms with van der Waals surface area (Å²) in [6.45, 7) is 7.53. The Hall–Kier alpha value is -2.45. The molecule has 2 N–H and O–H groups in total. The van der Waals surface area contributed by atoms with Crippen molar-refractivity contribution in [3.63, 3.8) is 0 Å². The van der Waals surface area contributed by atoms with Gasteiger partial charge < -0.3 is 25.0 Å². The van der Waals surface area contributed by atoms with Gasteiger partial charge in [0.25, 0.3) is 0 Å². The van der Waals surface area contributed by atoms with Crippen molar-refractivity contribution in [3.8, 4) is 11.3 Å². The maximum Gasteiger partial charge on any atom is 0.228 e. The van der Waals surface area contributed by atoms with Crippen molar-refractivity contribution in [2.24, 2.45) is 0 Å². The third-order valence-corrected chi connectivity index (χ3v) is 5.85. The van der Waals surface area contributed by atoms with Crippen molar-refractivity contribution in [3.05, 3.63) is 23.4 Å². The molecule has 5 heterocycles. The summed E-state index contributed by atoms with van der Waals surface area (Å²) in [6.07, 6.45) is 3.65. The van der Waals surface area contributed by atoms with E-state index in [2.05, 4.69) is 21.7 Å². The fourth-order valence-corrected chi connectivity index (χ4v) is 4.37. The number of rotatable bonds is 3. The lowest BCUT2D eigenvalue weighted by Crippen LogP contribution is -2.43. The summed E-state index contributed by atoms with van der Waals surface area (Å²) in [4.78, 5) is 19.0. The number of nitrogens with zero attached hydrogens (tertiary/aromatic N) is 5. The first-order valence-electron chi connectivity index (χ1n) is 10.1. The second-order valence-corrected chi connectivity index (χ2v) is 7.52. The molecule has 0 aromatic carbocycles. The quantitative estimate of drug-likeness (QED) is 0.849. The number of aromatic nitrogens is 3. The second-order valence-electron chi connectivity index (χ2n) is 7.52. The van der Waals surface area contributed by atoms with Crippen LogP contribution in [-0.2, 0) is 22.3 Å². The van der Waals surface area contributed by atoms with E-state index in [1.807, 2.05) is 12.3 Å². The molecule has 2 aromatic rings. The molecular formula is C20H26N6O2. The van der Waals surface area contributed by atoms with Crippen LogP contribution in [-0.4, -0.2) is 67.1 Å². The van der Waals surface area contributed by atoms with E-state index in [0.717, 1.165) is 68.7 Å². The number of fused-ring (bicyclic) bond motifs is 3. The van der Waals surface area contributed by atoms with Gasteiger partial charge in [-0.05, 0) is 18.1 Å². The highest BCUT2D eigenvalue weighted by Crippen LogP contribution is 2.40. The molecule has 0 aliphatic carbocycles. The number of aryl methyl sites for hydroxylation is 1. The fraction of sp³-hybridized carbons (Fsp3) is 0.550. The van der Waals surface area contributed by atoms with Crippen molar-refractivity contribution < 1.29 is 9.47 Å². The Morgan fingerprint density at radius 3 is 2.79 bits per heavy atom. The first-order valence-corrected chi connectivity index (χ1v) is 10.1. The lowest BCUT2D eigenvalue weighted by atomic mass is 9.99. The molecule has 2 fully saturated rings. The van der Waals surface area contributed by atoms with Crippen LogP contribution >= 0.6 is 0 Å². The molecule has 0 amide bonds. The summed E-state index contributed by atoms with van der Waals surface area (Å²) in [7, 11) is 0. The number of anilines is 3.